The van der Waals surface area contributed by atoms with E-state index in [4.69, 9.17) is 0 Å². The van der Waals surface area contributed by atoms with Crippen molar-refractivity contribution in [3.05, 3.63) is 27.3 Å². The predicted octanol–water partition coefficient (Wildman–Crippen LogP) is 2.21. The Bertz CT molecular complexity index is 459. The summed E-state index contributed by atoms with van der Waals surface area (Å²) in [6, 6.07) is 5.37. The Balaban J connectivity index is 2.17. The number of halogens is 1. The van der Waals surface area contributed by atoms with Crippen molar-refractivity contribution < 1.29 is 9.90 Å². The van der Waals surface area contributed by atoms with Crippen LogP contribution >= 0.6 is 22.6 Å². The number of rotatable bonds is 3. The minimum Gasteiger partial charge on any atom is -0.507 e. The number of nitrogens with zero attached hydrogens (tertiary/aromatic N) is 1. The van der Waals surface area contributed by atoms with E-state index in [2.05, 4.69) is 5.32 Å². The second kappa shape index (κ2) is 6.56. The molecule has 1 heterocycles. The quantitative estimate of drug-likeness (QED) is 0.798. The number of hydrogen-bond acceptors (Lipinski definition) is 3. The number of amides is 1. The summed E-state index contributed by atoms with van der Waals surface area (Å²) in [4.78, 5) is 14.4. The first-order valence-corrected chi connectivity index (χ1v) is 7.71. The molecule has 2 N–H and O–H groups in total. The molecule has 1 aromatic rings. The van der Waals surface area contributed by atoms with E-state index in [1.165, 1.54) is 0 Å². The van der Waals surface area contributed by atoms with Crippen LogP contribution in [0.25, 0.3) is 0 Å². The van der Waals surface area contributed by atoms with Crippen molar-refractivity contribution in [2.45, 2.75) is 25.8 Å². The molecule has 1 amide bonds. The van der Waals surface area contributed by atoms with E-state index < -0.39 is 0 Å². The first-order valence-electron chi connectivity index (χ1n) is 6.63. The van der Waals surface area contributed by atoms with E-state index in [9.17, 15) is 9.90 Å². The maximum Gasteiger partial charge on any atom is 0.254 e. The Kier molecular flexibility index (Phi) is 5.04. The molecule has 1 saturated heterocycles. The average molecular weight is 374 g/mol. The lowest BCUT2D eigenvalue weighted by molar-refractivity contribution is 0.0661. The minimum absolute atomic E-state index is 0.00269. The van der Waals surface area contributed by atoms with E-state index >= 15 is 0 Å². The van der Waals surface area contributed by atoms with Crippen molar-refractivity contribution in [2.75, 3.05) is 19.6 Å². The molecule has 0 saturated carbocycles. The Morgan fingerprint density at radius 3 is 2.95 bits per heavy atom. The number of hydrogen-bond donors (Lipinski definition) is 2. The lowest BCUT2D eigenvalue weighted by Gasteiger charge is -2.34. The third kappa shape index (κ3) is 3.39. The highest BCUT2D eigenvalue weighted by Gasteiger charge is 2.25. The van der Waals surface area contributed by atoms with Crippen molar-refractivity contribution in [1.29, 1.82) is 0 Å². The number of nitrogens with one attached hydrogen (secondary N) is 1. The molecule has 1 atom stereocenters. The Labute approximate surface area is 127 Å². The van der Waals surface area contributed by atoms with Crippen LogP contribution < -0.4 is 5.32 Å². The molecular formula is C14H19IN2O2. The topological polar surface area (TPSA) is 52.6 Å². The van der Waals surface area contributed by atoms with E-state index in [1.54, 1.807) is 18.2 Å². The SMILES string of the molecule is CCN(C(=O)c1ccc(I)c(O)c1)C1CCCNC1. The van der Waals surface area contributed by atoms with Gasteiger partial charge in [-0.2, -0.15) is 0 Å². The standard InChI is InChI=1S/C14H19IN2O2/c1-2-17(11-4-3-7-16-9-11)14(19)10-5-6-12(15)13(18)8-10/h5-6,8,11,16,18H,2-4,7,9H2,1H3. The van der Waals surface area contributed by atoms with Gasteiger partial charge in [0.25, 0.3) is 5.91 Å². The van der Waals surface area contributed by atoms with Gasteiger partial charge in [0.2, 0.25) is 0 Å². The minimum atomic E-state index is 0.00269. The van der Waals surface area contributed by atoms with Gasteiger partial charge in [-0.25, -0.2) is 0 Å². The normalized spacial score (nSPS) is 19.2. The summed E-state index contributed by atoms with van der Waals surface area (Å²) in [6.07, 6.45) is 2.15. The molecule has 0 spiro atoms. The zero-order valence-electron chi connectivity index (χ0n) is 11.0. The second-order valence-electron chi connectivity index (χ2n) is 4.76. The summed E-state index contributed by atoms with van der Waals surface area (Å²) in [7, 11) is 0. The average Bonchev–Trinajstić information content (AvgIpc) is 2.44. The zero-order valence-corrected chi connectivity index (χ0v) is 13.2. The molecule has 0 aromatic heterocycles. The van der Waals surface area contributed by atoms with Crippen LogP contribution in [0.1, 0.15) is 30.1 Å². The smallest absolute Gasteiger partial charge is 0.254 e. The summed E-state index contributed by atoms with van der Waals surface area (Å²) < 4.78 is 0.761. The van der Waals surface area contributed by atoms with Crippen LogP contribution in [-0.4, -0.2) is 41.6 Å². The first-order chi connectivity index (χ1) is 9.13. The number of piperidine rings is 1. The van der Waals surface area contributed by atoms with Crippen molar-refractivity contribution >= 4 is 28.5 Å². The summed E-state index contributed by atoms with van der Waals surface area (Å²) in [5, 5.41) is 13.1. The molecule has 1 aliphatic heterocycles. The van der Waals surface area contributed by atoms with Crippen molar-refractivity contribution in [2.24, 2.45) is 0 Å². The fourth-order valence-electron chi connectivity index (χ4n) is 2.48. The van der Waals surface area contributed by atoms with E-state index in [1.807, 2.05) is 34.4 Å². The van der Waals surface area contributed by atoms with Crippen LogP contribution in [0.15, 0.2) is 18.2 Å². The van der Waals surface area contributed by atoms with Gasteiger partial charge in [-0.05, 0) is 67.1 Å². The van der Waals surface area contributed by atoms with Crippen LogP contribution in [0.2, 0.25) is 0 Å². The van der Waals surface area contributed by atoms with Crippen LogP contribution in [0.5, 0.6) is 5.75 Å². The highest BCUT2D eigenvalue weighted by Crippen LogP contribution is 2.22. The van der Waals surface area contributed by atoms with Gasteiger partial charge in [0.1, 0.15) is 5.75 Å². The summed E-state index contributed by atoms with van der Waals surface area (Å²) in [6.45, 7) is 4.58. The van der Waals surface area contributed by atoms with E-state index in [0.717, 1.165) is 29.5 Å². The maximum atomic E-state index is 12.5. The van der Waals surface area contributed by atoms with Crippen molar-refractivity contribution in [3.63, 3.8) is 0 Å². The van der Waals surface area contributed by atoms with Crippen molar-refractivity contribution in [1.82, 2.24) is 10.2 Å². The number of benzene rings is 1. The highest BCUT2D eigenvalue weighted by molar-refractivity contribution is 14.1. The Hall–Kier alpha value is -0.820. The predicted molar refractivity (Wildman–Crippen MR) is 83.4 cm³/mol. The molecule has 104 valence electrons. The van der Waals surface area contributed by atoms with Gasteiger partial charge in [0.15, 0.2) is 0 Å². The van der Waals surface area contributed by atoms with E-state index in [-0.39, 0.29) is 17.7 Å². The largest absolute Gasteiger partial charge is 0.507 e. The van der Waals surface area contributed by atoms with Crippen LogP contribution in [0.3, 0.4) is 0 Å². The molecule has 1 fully saturated rings. The molecule has 19 heavy (non-hydrogen) atoms. The zero-order chi connectivity index (χ0) is 13.8. The number of carbonyl (C=O) groups is 1. The number of likely N-dealkylation sites (N-methyl/N-ethyl adjacent to an activating group) is 1. The van der Waals surface area contributed by atoms with Gasteiger partial charge < -0.3 is 15.3 Å². The second-order valence-corrected chi connectivity index (χ2v) is 5.92. The molecule has 0 aliphatic carbocycles. The number of phenols is 1. The third-order valence-corrected chi connectivity index (χ3v) is 4.42. The van der Waals surface area contributed by atoms with Crippen LogP contribution in [0, 0.1) is 3.57 Å². The van der Waals surface area contributed by atoms with Gasteiger partial charge in [0.05, 0.1) is 3.57 Å². The molecule has 0 bridgehead atoms. The van der Waals surface area contributed by atoms with Crippen LogP contribution in [-0.2, 0) is 0 Å². The maximum absolute atomic E-state index is 12.5. The summed E-state index contributed by atoms with van der Waals surface area (Å²) in [5.41, 5.74) is 0.560. The number of phenolic OH excluding ortho intramolecular Hbond substituents is 1. The lowest BCUT2D eigenvalue weighted by atomic mass is 10.0. The Morgan fingerprint density at radius 1 is 1.58 bits per heavy atom. The van der Waals surface area contributed by atoms with E-state index in [0.29, 0.717) is 12.1 Å². The fraction of sp³-hybridized carbons (Fsp3) is 0.500. The molecule has 4 nitrogen and oxygen atoms in total. The van der Waals surface area contributed by atoms with Gasteiger partial charge in [-0.15, -0.1) is 0 Å². The van der Waals surface area contributed by atoms with Crippen molar-refractivity contribution in [3.8, 4) is 5.75 Å². The summed E-state index contributed by atoms with van der Waals surface area (Å²) in [5.74, 6) is 0.173. The molecule has 1 unspecified atom stereocenters. The highest BCUT2D eigenvalue weighted by atomic mass is 127. The molecule has 2 rings (SSSR count). The molecule has 1 aliphatic rings. The molecule has 0 radical (unpaired) electrons. The molecule has 5 heteroatoms. The third-order valence-electron chi connectivity index (χ3n) is 3.51. The number of aromatic hydroxyl groups is 1. The summed E-state index contributed by atoms with van der Waals surface area (Å²) >= 11 is 2.05. The molecule has 1 aromatic carbocycles. The number of carbonyl (C=O) groups excluding carboxylic acids is 1. The molecular weight excluding hydrogens is 355 g/mol. The van der Waals surface area contributed by atoms with Gasteiger partial charge in [-0.1, -0.05) is 0 Å². The van der Waals surface area contributed by atoms with Gasteiger partial charge in [0, 0.05) is 24.7 Å². The van der Waals surface area contributed by atoms with Gasteiger partial charge in [-0.3, -0.25) is 4.79 Å². The Morgan fingerprint density at radius 2 is 2.37 bits per heavy atom. The van der Waals surface area contributed by atoms with Crippen LogP contribution in [0.4, 0.5) is 0 Å². The lowest BCUT2D eigenvalue weighted by Crippen LogP contribution is -2.48. The fourth-order valence-corrected chi connectivity index (χ4v) is 2.81. The first kappa shape index (κ1) is 14.6. The van der Waals surface area contributed by atoms with Gasteiger partial charge >= 0.3 is 0 Å². The monoisotopic (exact) mass is 374 g/mol.